The number of morpholine rings is 1. The van der Waals surface area contributed by atoms with Crippen molar-refractivity contribution in [3.05, 3.63) is 101 Å². The number of epoxide rings is 1. The van der Waals surface area contributed by atoms with Gasteiger partial charge in [0.25, 0.3) is 0 Å². The molecule has 14 nitrogen and oxygen atoms in total. The van der Waals surface area contributed by atoms with Crippen molar-refractivity contribution in [1.29, 1.82) is 0 Å². The molecule has 14 heteroatoms. The molecule has 0 unspecified atom stereocenters. The Bertz CT molecular complexity index is 2180. The van der Waals surface area contributed by atoms with E-state index in [0.29, 0.717) is 80.9 Å². The van der Waals surface area contributed by atoms with Crippen LogP contribution in [-0.2, 0) is 62.5 Å². The minimum Gasteiger partial charge on any atom is -0.426 e. The van der Waals surface area contributed by atoms with Crippen LogP contribution in [0.5, 0.6) is 5.75 Å². The zero-order chi connectivity index (χ0) is 49.3. The van der Waals surface area contributed by atoms with Gasteiger partial charge in [-0.2, -0.15) is 0 Å². The summed E-state index contributed by atoms with van der Waals surface area (Å²) in [5.41, 5.74) is 2.41. The quantitative estimate of drug-likeness (QED) is 0.0197. The fraction of sp³-hybridized carbons (Fsp3) is 0.537. The van der Waals surface area contributed by atoms with E-state index in [1.54, 1.807) is 19.9 Å². The molecule has 0 saturated carbocycles. The molecule has 2 saturated heterocycles. The number of amides is 2. The third kappa shape index (κ3) is 16.6. The fourth-order valence-corrected chi connectivity index (χ4v) is 8.89. The summed E-state index contributed by atoms with van der Waals surface area (Å²) in [4.78, 5) is 88.5. The average Bonchev–Trinajstić information content (AvgIpc) is 4.07. The van der Waals surface area contributed by atoms with Crippen molar-refractivity contribution in [3.8, 4) is 5.75 Å². The van der Waals surface area contributed by atoms with Crippen molar-refractivity contribution < 1.29 is 52.3 Å². The number of carbonyl (C=O) groups excluding carboxylic acids is 6. The number of ether oxygens (including phenoxy) is 3. The van der Waals surface area contributed by atoms with Crippen molar-refractivity contribution >= 4 is 41.3 Å². The number of benzene rings is 3. The molecule has 2 N–H and O–H groups in total. The van der Waals surface area contributed by atoms with E-state index in [9.17, 15) is 28.8 Å². The molecule has 368 valence electrons. The number of oxime groups is 1. The monoisotopic (exact) mass is 938 g/mol. The summed E-state index contributed by atoms with van der Waals surface area (Å²) in [5.74, 6) is -2.81. The van der Waals surface area contributed by atoms with Crippen molar-refractivity contribution in [3.63, 3.8) is 0 Å². The minimum atomic E-state index is -0.934. The van der Waals surface area contributed by atoms with Crippen LogP contribution in [0.4, 0.5) is 0 Å². The molecule has 0 spiro atoms. The van der Waals surface area contributed by atoms with Crippen molar-refractivity contribution in [2.45, 2.75) is 117 Å². The second kappa shape index (κ2) is 25.7. The van der Waals surface area contributed by atoms with Crippen molar-refractivity contribution in [1.82, 2.24) is 10.6 Å². The number of nitrogens with one attached hydrogen (secondary N) is 2. The van der Waals surface area contributed by atoms with Crippen LogP contribution in [0.1, 0.15) is 102 Å². The minimum absolute atomic E-state index is 0.0158. The fourth-order valence-electron chi connectivity index (χ4n) is 8.89. The Morgan fingerprint density at radius 2 is 1.40 bits per heavy atom. The number of hydrogen-bond donors (Lipinski definition) is 2. The number of carbonyl (C=O) groups is 6. The Balaban J connectivity index is 1.37. The molecule has 5 rings (SSSR count). The Hall–Kier alpha value is -5.57. The number of rotatable bonds is 28. The summed E-state index contributed by atoms with van der Waals surface area (Å²) in [6.45, 7) is 14.4. The smallest absolute Gasteiger partial charge is 0.310 e. The number of aryl methyl sites for hydroxylation is 1. The van der Waals surface area contributed by atoms with Gasteiger partial charge in [-0.05, 0) is 80.2 Å². The summed E-state index contributed by atoms with van der Waals surface area (Å²) < 4.78 is 17.2. The maximum Gasteiger partial charge on any atom is 0.310 e. The molecule has 3 aromatic carbocycles. The van der Waals surface area contributed by atoms with Gasteiger partial charge in [0.15, 0.2) is 17.3 Å². The van der Waals surface area contributed by atoms with E-state index in [-0.39, 0.29) is 73.3 Å². The maximum absolute atomic E-state index is 14.6. The van der Waals surface area contributed by atoms with Crippen LogP contribution in [0.25, 0.3) is 0 Å². The molecule has 2 aliphatic heterocycles. The lowest BCUT2D eigenvalue weighted by Gasteiger charge is -2.41. The van der Waals surface area contributed by atoms with Gasteiger partial charge in [-0.15, -0.1) is 0 Å². The van der Waals surface area contributed by atoms with E-state index in [4.69, 9.17) is 19.0 Å². The normalized spacial score (nSPS) is 18.3. The standard InChI is InChI=1S/C54H72N4O10/c1-8-50(61)68-49-22-20-41(30-44(49)33-55-65-7)34-58(23-25-66-26-24-58)35-45(59)31-42(21-19-39-15-11-9-12-16-39)52(63)56-46(27-37(2)3)48(60)32-43(29-40-17-13-10-14-18-40)53(64)57-47(28-38(4)5)51(62)54(6)36-67-54/h9-18,20,22,30,33,37-38,42-43,46-47H,8,19,21,23-29,31-32,34-36H2,1-7H3,(H-,56,57,63,64)/p+1/b55-33+/t42-,43-,46+,47+,54-/m1/s1. The molecule has 68 heavy (non-hydrogen) atoms. The third-order valence-corrected chi connectivity index (χ3v) is 12.8. The number of esters is 1. The highest BCUT2D eigenvalue weighted by atomic mass is 16.6. The number of quaternary nitrogens is 1. The summed E-state index contributed by atoms with van der Waals surface area (Å²) in [5, 5.41) is 10.00. The Morgan fingerprint density at radius 1 is 0.794 bits per heavy atom. The lowest BCUT2D eigenvalue weighted by molar-refractivity contribution is -0.940. The van der Waals surface area contributed by atoms with Crippen LogP contribution in [0.3, 0.4) is 0 Å². The second-order valence-electron chi connectivity index (χ2n) is 19.6. The zero-order valence-electron chi connectivity index (χ0n) is 41.1. The molecule has 2 amide bonds. The number of Topliss-reactive ketones (excluding diaryl/α,β-unsaturated/α-hetero) is 3. The Morgan fingerprint density at radius 3 is 2.00 bits per heavy atom. The topological polar surface area (TPSA) is 179 Å². The highest BCUT2D eigenvalue weighted by Crippen LogP contribution is 2.31. The van der Waals surface area contributed by atoms with Crippen LogP contribution in [-0.4, -0.2) is 110 Å². The average molecular weight is 938 g/mol. The van der Waals surface area contributed by atoms with Gasteiger partial charge in [-0.1, -0.05) is 100 Å². The first-order valence-electron chi connectivity index (χ1n) is 24.3. The molecule has 2 heterocycles. The first-order chi connectivity index (χ1) is 32.5. The molecule has 5 atom stereocenters. The highest BCUT2D eigenvalue weighted by molar-refractivity contribution is 5.98. The summed E-state index contributed by atoms with van der Waals surface area (Å²) in [7, 11) is 1.43. The molecule has 0 aliphatic carbocycles. The van der Waals surface area contributed by atoms with Crippen LogP contribution < -0.4 is 15.4 Å². The SMILES string of the molecule is CCC(=O)Oc1ccc(C[N+]2(CC(=O)C[C@@H](CCc3ccccc3)C(=O)N[C@@H](CC(C)C)C(=O)C[C@@H](Cc3ccccc3)C(=O)N[C@@H](CC(C)C)C(=O)[C@@]3(C)CO3)CCOCC2)cc1/C=N/OC. The summed E-state index contributed by atoms with van der Waals surface area (Å²) >= 11 is 0. The maximum atomic E-state index is 14.6. The lowest BCUT2D eigenvalue weighted by Crippen LogP contribution is -2.57. The summed E-state index contributed by atoms with van der Waals surface area (Å²) in [6, 6.07) is 23.0. The molecular weight excluding hydrogens is 865 g/mol. The first-order valence-corrected chi connectivity index (χ1v) is 24.3. The molecule has 2 fully saturated rings. The van der Waals surface area contributed by atoms with E-state index >= 15 is 0 Å². The number of nitrogens with zero attached hydrogens (tertiary/aromatic N) is 2. The van der Waals surface area contributed by atoms with Gasteiger partial charge in [0.2, 0.25) is 11.8 Å². The van der Waals surface area contributed by atoms with Crippen LogP contribution in [0.2, 0.25) is 0 Å². The number of hydrogen-bond acceptors (Lipinski definition) is 11. The predicted octanol–water partition coefficient (Wildman–Crippen LogP) is 6.78. The zero-order valence-corrected chi connectivity index (χ0v) is 41.1. The predicted molar refractivity (Wildman–Crippen MR) is 260 cm³/mol. The van der Waals surface area contributed by atoms with Gasteiger partial charge >= 0.3 is 5.97 Å². The van der Waals surface area contributed by atoms with Gasteiger partial charge in [0.1, 0.15) is 44.6 Å². The molecule has 0 aromatic heterocycles. The third-order valence-electron chi connectivity index (χ3n) is 12.8. The van der Waals surface area contributed by atoms with Crippen LogP contribution >= 0.6 is 0 Å². The summed E-state index contributed by atoms with van der Waals surface area (Å²) in [6.07, 6.45) is 3.43. The molecule has 2 aliphatic rings. The van der Waals surface area contributed by atoms with Gasteiger partial charge in [-0.3, -0.25) is 28.8 Å². The Labute approximate surface area is 402 Å². The lowest BCUT2D eigenvalue weighted by atomic mass is 9.87. The van der Waals surface area contributed by atoms with Gasteiger partial charge in [-0.25, -0.2) is 0 Å². The van der Waals surface area contributed by atoms with E-state index in [0.717, 1.165) is 16.7 Å². The van der Waals surface area contributed by atoms with E-state index in [2.05, 4.69) is 15.8 Å². The van der Waals surface area contributed by atoms with Crippen molar-refractivity contribution in [2.75, 3.05) is 46.6 Å². The van der Waals surface area contributed by atoms with Crippen LogP contribution in [0, 0.1) is 23.7 Å². The largest absolute Gasteiger partial charge is 0.426 e. The van der Waals surface area contributed by atoms with Crippen LogP contribution in [0.15, 0.2) is 84.0 Å². The van der Waals surface area contributed by atoms with Gasteiger partial charge in [0.05, 0.1) is 38.1 Å². The number of ketones is 3. The first kappa shape index (κ1) is 53.4. The van der Waals surface area contributed by atoms with Crippen molar-refractivity contribution in [2.24, 2.45) is 28.8 Å². The van der Waals surface area contributed by atoms with E-state index < -0.39 is 35.4 Å². The molecule has 3 aromatic rings. The van der Waals surface area contributed by atoms with E-state index in [1.807, 2.05) is 100 Å². The Kier molecular flexibility index (Phi) is 20.2. The molecular formula is C54H73N4O10+. The van der Waals surface area contributed by atoms with Gasteiger partial charge in [0, 0.05) is 42.2 Å². The highest BCUT2D eigenvalue weighted by Gasteiger charge is 2.50. The molecule has 0 radical (unpaired) electrons. The molecule has 0 bridgehead atoms. The second-order valence-corrected chi connectivity index (χ2v) is 19.6. The van der Waals surface area contributed by atoms with Gasteiger partial charge < -0.3 is 34.2 Å². The van der Waals surface area contributed by atoms with E-state index in [1.165, 1.54) is 13.3 Å².